The summed E-state index contributed by atoms with van der Waals surface area (Å²) in [6.45, 7) is 5.16. The van der Waals surface area contributed by atoms with Crippen LogP contribution in [0.4, 0.5) is 0 Å². The Labute approximate surface area is 141 Å². The fourth-order valence-electron chi connectivity index (χ4n) is 2.80. The Morgan fingerprint density at radius 1 is 1.25 bits per heavy atom. The standard InChI is InChI=1S/C19H21N3O2/c1-14-6-5-7-16(12-14)24-11-10-22-18-9-4-3-8-17(18)21-19(22)15(2)20-13-23/h3-9,12-13,15H,10-11H2,1-2H3,(H,20,23)/t15-/m0/s1. The van der Waals surface area contributed by atoms with Gasteiger partial charge in [0, 0.05) is 0 Å². The molecule has 124 valence electrons. The zero-order valence-corrected chi connectivity index (χ0v) is 13.9. The molecule has 0 saturated heterocycles. The summed E-state index contributed by atoms with van der Waals surface area (Å²) in [6.07, 6.45) is 0.706. The summed E-state index contributed by atoms with van der Waals surface area (Å²) in [5.74, 6) is 1.69. The normalized spacial score (nSPS) is 12.1. The highest BCUT2D eigenvalue weighted by atomic mass is 16.5. The van der Waals surface area contributed by atoms with E-state index < -0.39 is 0 Å². The molecule has 0 bridgehead atoms. The molecular weight excluding hydrogens is 302 g/mol. The Morgan fingerprint density at radius 2 is 2.08 bits per heavy atom. The summed E-state index contributed by atoms with van der Waals surface area (Å²) in [7, 11) is 0. The highest BCUT2D eigenvalue weighted by molar-refractivity contribution is 5.76. The fourth-order valence-corrected chi connectivity index (χ4v) is 2.80. The number of fused-ring (bicyclic) bond motifs is 1. The average molecular weight is 323 g/mol. The highest BCUT2D eigenvalue weighted by Gasteiger charge is 2.15. The van der Waals surface area contributed by atoms with Gasteiger partial charge >= 0.3 is 0 Å². The summed E-state index contributed by atoms with van der Waals surface area (Å²) in [5, 5.41) is 2.77. The number of amides is 1. The average Bonchev–Trinajstić information content (AvgIpc) is 2.94. The van der Waals surface area contributed by atoms with Crippen molar-refractivity contribution in [1.29, 1.82) is 0 Å². The minimum Gasteiger partial charge on any atom is -0.492 e. The van der Waals surface area contributed by atoms with Crippen LogP contribution in [0.25, 0.3) is 11.0 Å². The maximum atomic E-state index is 10.8. The fraction of sp³-hybridized carbons (Fsp3) is 0.263. The Bertz CT molecular complexity index is 841. The van der Waals surface area contributed by atoms with Crippen molar-refractivity contribution in [2.24, 2.45) is 0 Å². The first-order chi connectivity index (χ1) is 11.7. The summed E-state index contributed by atoms with van der Waals surface area (Å²) in [6, 6.07) is 15.8. The van der Waals surface area contributed by atoms with E-state index in [4.69, 9.17) is 4.74 Å². The topological polar surface area (TPSA) is 56.1 Å². The van der Waals surface area contributed by atoms with Gasteiger partial charge in [-0.3, -0.25) is 4.79 Å². The van der Waals surface area contributed by atoms with Gasteiger partial charge in [-0.15, -0.1) is 0 Å². The van der Waals surface area contributed by atoms with Crippen molar-refractivity contribution in [2.75, 3.05) is 6.61 Å². The van der Waals surface area contributed by atoms with E-state index in [2.05, 4.69) is 14.9 Å². The predicted octanol–water partition coefficient (Wildman–Crippen LogP) is 3.23. The van der Waals surface area contributed by atoms with Gasteiger partial charge in [-0.05, 0) is 43.7 Å². The van der Waals surface area contributed by atoms with E-state index in [1.54, 1.807) is 0 Å². The van der Waals surface area contributed by atoms with Gasteiger partial charge < -0.3 is 14.6 Å². The second-order valence-electron chi connectivity index (χ2n) is 5.78. The summed E-state index contributed by atoms with van der Waals surface area (Å²) in [4.78, 5) is 15.4. The molecule has 1 aromatic heterocycles. The lowest BCUT2D eigenvalue weighted by Crippen LogP contribution is -2.21. The molecule has 1 heterocycles. The molecule has 1 amide bonds. The molecule has 0 aliphatic carbocycles. The number of benzene rings is 2. The summed E-state index contributed by atoms with van der Waals surface area (Å²) >= 11 is 0. The van der Waals surface area contributed by atoms with Crippen molar-refractivity contribution in [2.45, 2.75) is 26.4 Å². The minimum absolute atomic E-state index is 0.158. The molecule has 3 aromatic rings. The first-order valence-electron chi connectivity index (χ1n) is 8.03. The first kappa shape index (κ1) is 16.1. The molecule has 0 aliphatic heterocycles. The third-order valence-corrected chi connectivity index (χ3v) is 3.96. The number of para-hydroxylation sites is 2. The Balaban J connectivity index is 1.81. The van der Waals surface area contributed by atoms with Crippen molar-refractivity contribution in [1.82, 2.24) is 14.9 Å². The molecule has 5 heteroatoms. The van der Waals surface area contributed by atoms with Crippen molar-refractivity contribution >= 4 is 17.4 Å². The smallest absolute Gasteiger partial charge is 0.207 e. The molecule has 0 saturated carbocycles. The number of hydrogen-bond donors (Lipinski definition) is 1. The van der Waals surface area contributed by atoms with E-state index >= 15 is 0 Å². The van der Waals surface area contributed by atoms with Crippen LogP contribution in [0.1, 0.15) is 24.4 Å². The molecule has 0 unspecified atom stereocenters. The lowest BCUT2D eigenvalue weighted by Gasteiger charge is -2.14. The van der Waals surface area contributed by atoms with Crippen LogP contribution in [0.3, 0.4) is 0 Å². The van der Waals surface area contributed by atoms with E-state index in [-0.39, 0.29) is 6.04 Å². The maximum Gasteiger partial charge on any atom is 0.207 e. The van der Waals surface area contributed by atoms with Crippen LogP contribution in [-0.2, 0) is 11.3 Å². The van der Waals surface area contributed by atoms with Crippen LogP contribution in [-0.4, -0.2) is 22.6 Å². The van der Waals surface area contributed by atoms with Gasteiger partial charge in [-0.25, -0.2) is 4.98 Å². The molecule has 0 fully saturated rings. The number of aromatic nitrogens is 2. The van der Waals surface area contributed by atoms with Gasteiger partial charge in [0.1, 0.15) is 18.2 Å². The number of carbonyl (C=O) groups excluding carboxylic acids is 1. The molecule has 2 aromatic carbocycles. The van der Waals surface area contributed by atoms with E-state index in [0.29, 0.717) is 19.6 Å². The zero-order chi connectivity index (χ0) is 16.9. The number of aryl methyl sites for hydroxylation is 1. The Morgan fingerprint density at radius 3 is 2.88 bits per heavy atom. The van der Waals surface area contributed by atoms with E-state index in [1.807, 2.05) is 62.4 Å². The van der Waals surface area contributed by atoms with Crippen LogP contribution in [0.5, 0.6) is 5.75 Å². The number of ether oxygens (including phenoxy) is 1. The minimum atomic E-state index is -0.158. The zero-order valence-electron chi connectivity index (χ0n) is 13.9. The number of imidazole rings is 1. The number of hydrogen-bond acceptors (Lipinski definition) is 3. The first-order valence-corrected chi connectivity index (χ1v) is 8.03. The van der Waals surface area contributed by atoms with Crippen LogP contribution >= 0.6 is 0 Å². The van der Waals surface area contributed by atoms with Gasteiger partial charge in [-0.1, -0.05) is 24.3 Å². The number of nitrogens with zero attached hydrogens (tertiary/aromatic N) is 2. The lowest BCUT2D eigenvalue weighted by atomic mass is 10.2. The van der Waals surface area contributed by atoms with Crippen molar-refractivity contribution in [3.8, 4) is 5.75 Å². The van der Waals surface area contributed by atoms with Gasteiger partial charge in [0.05, 0.1) is 23.6 Å². The Hall–Kier alpha value is -2.82. The number of nitrogens with one attached hydrogen (secondary N) is 1. The number of rotatable bonds is 7. The van der Waals surface area contributed by atoms with Gasteiger partial charge in [0.2, 0.25) is 6.41 Å². The molecule has 1 N–H and O–H groups in total. The lowest BCUT2D eigenvalue weighted by molar-refractivity contribution is -0.110. The van der Waals surface area contributed by atoms with Crippen molar-refractivity contribution in [3.05, 3.63) is 59.9 Å². The second kappa shape index (κ2) is 7.17. The highest BCUT2D eigenvalue weighted by Crippen LogP contribution is 2.21. The largest absolute Gasteiger partial charge is 0.492 e. The van der Waals surface area contributed by atoms with Crippen LogP contribution in [0.2, 0.25) is 0 Å². The third-order valence-electron chi connectivity index (χ3n) is 3.96. The van der Waals surface area contributed by atoms with E-state index in [0.717, 1.165) is 22.6 Å². The monoisotopic (exact) mass is 323 g/mol. The van der Waals surface area contributed by atoms with Crippen LogP contribution in [0, 0.1) is 6.92 Å². The summed E-state index contributed by atoms with van der Waals surface area (Å²) < 4.78 is 7.97. The Kier molecular flexibility index (Phi) is 4.79. The van der Waals surface area contributed by atoms with Crippen molar-refractivity contribution in [3.63, 3.8) is 0 Å². The molecular formula is C19H21N3O2. The molecule has 0 radical (unpaired) electrons. The molecule has 0 spiro atoms. The predicted molar refractivity (Wildman–Crippen MR) is 94.0 cm³/mol. The molecule has 3 rings (SSSR count). The molecule has 0 aliphatic rings. The van der Waals surface area contributed by atoms with E-state index in [9.17, 15) is 4.79 Å². The van der Waals surface area contributed by atoms with Gasteiger partial charge in [-0.2, -0.15) is 0 Å². The van der Waals surface area contributed by atoms with E-state index in [1.165, 1.54) is 5.56 Å². The van der Waals surface area contributed by atoms with Gasteiger partial charge in [0.25, 0.3) is 0 Å². The quantitative estimate of drug-likeness (QED) is 0.679. The van der Waals surface area contributed by atoms with Gasteiger partial charge in [0.15, 0.2) is 0 Å². The van der Waals surface area contributed by atoms with Crippen molar-refractivity contribution < 1.29 is 9.53 Å². The van der Waals surface area contributed by atoms with Crippen LogP contribution < -0.4 is 10.1 Å². The second-order valence-corrected chi connectivity index (χ2v) is 5.78. The molecule has 24 heavy (non-hydrogen) atoms. The maximum absolute atomic E-state index is 10.8. The molecule has 5 nitrogen and oxygen atoms in total. The third kappa shape index (κ3) is 3.40. The number of carbonyl (C=O) groups is 1. The SMILES string of the molecule is Cc1cccc(OCCn2c([C@H](C)NC=O)nc3ccccc32)c1. The summed E-state index contributed by atoms with van der Waals surface area (Å²) in [5.41, 5.74) is 3.13. The molecule has 1 atom stereocenters. The van der Waals surface area contributed by atoms with Crippen LogP contribution in [0.15, 0.2) is 48.5 Å².